The first-order valence-electron chi connectivity index (χ1n) is 6.31. The molecule has 1 aromatic rings. The quantitative estimate of drug-likeness (QED) is 0.850. The van der Waals surface area contributed by atoms with E-state index in [4.69, 9.17) is 17.3 Å². The average Bonchev–Trinajstić information content (AvgIpc) is 2.32. The van der Waals surface area contributed by atoms with Crippen LogP contribution in [0.3, 0.4) is 0 Å². The molecule has 4 heteroatoms. The lowest BCUT2D eigenvalue weighted by Gasteiger charge is -2.28. The summed E-state index contributed by atoms with van der Waals surface area (Å²) in [5.41, 5.74) is 7.09. The molecule has 18 heavy (non-hydrogen) atoms. The van der Waals surface area contributed by atoms with Gasteiger partial charge in [0, 0.05) is 22.1 Å². The van der Waals surface area contributed by atoms with Crippen molar-refractivity contribution in [2.45, 2.75) is 26.3 Å². The average molecular weight is 334 g/mol. The molecule has 0 saturated carbocycles. The van der Waals surface area contributed by atoms with E-state index < -0.39 is 0 Å². The summed E-state index contributed by atoms with van der Waals surface area (Å²) in [7, 11) is 2.12. The van der Waals surface area contributed by atoms with E-state index in [1.165, 1.54) is 6.42 Å². The highest BCUT2D eigenvalue weighted by atomic mass is 79.9. The first-order chi connectivity index (χ1) is 8.45. The minimum atomic E-state index is 0.205. The van der Waals surface area contributed by atoms with Crippen molar-refractivity contribution >= 4 is 27.5 Å². The summed E-state index contributed by atoms with van der Waals surface area (Å²) >= 11 is 9.65. The first-order valence-corrected chi connectivity index (χ1v) is 7.48. The standard InChI is InChI=1S/C14H22BrClN2/c1-10(2)6-7-18(3)14(9-17)12-8-11(16)4-5-13(12)15/h4-5,8,10,14H,6-7,9,17H2,1-3H3. The minimum Gasteiger partial charge on any atom is -0.329 e. The summed E-state index contributed by atoms with van der Waals surface area (Å²) in [5, 5.41) is 0.754. The summed E-state index contributed by atoms with van der Waals surface area (Å²) in [6.07, 6.45) is 1.17. The van der Waals surface area contributed by atoms with Gasteiger partial charge in [0.25, 0.3) is 0 Å². The highest BCUT2D eigenvalue weighted by molar-refractivity contribution is 9.10. The predicted molar refractivity (Wildman–Crippen MR) is 83.0 cm³/mol. The van der Waals surface area contributed by atoms with Crippen LogP contribution in [0.4, 0.5) is 0 Å². The van der Waals surface area contributed by atoms with Gasteiger partial charge >= 0.3 is 0 Å². The van der Waals surface area contributed by atoms with Crippen molar-refractivity contribution in [2.75, 3.05) is 20.1 Å². The maximum absolute atomic E-state index is 6.07. The molecule has 2 N–H and O–H groups in total. The fraction of sp³-hybridized carbons (Fsp3) is 0.571. The second-order valence-corrected chi connectivity index (χ2v) is 6.37. The van der Waals surface area contributed by atoms with Gasteiger partial charge < -0.3 is 5.73 Å². The van der Waals surface area contributed by atoms with E-state index in [1.54, 1.807) is 0 Å². The lowest BCUT2D eigenvalue weighted by Crippen LogP contribution is -2.32. The van der Waals surface area contributed by atoms with Gasteiger partial charge in [0.05, 0.1) is 0 Å². The Morgan fingerprint density at radius 1 is 1.39 bits per heavy atom. The summed E-state index contributed by atoms with van der Waals surface area (Å²) < 4.78 is 1.07. The van der Waals surface area contributed by atoms with E-state index >= 15 is 0 Å². The Bertz CT molecular complexity index is 382. The molecule has 0 aliphatic heterocycles. The van der Waals surface area contributed by atoms with Gasteiger partial charge in [0.15, 0.2) is 0 Å². The van der Waals surface area contributed by atoms with Crippen LogP contribution in [-0.4, -0.2) is 25.0 Å². The lowest BCUT2D eigenvalue weighted by molar-refractivity contribution is 0.235. The zero-order valence-corrected chi connectivity index (χ0v) is 13.6. The van der Waals surface area contributed by atoms with E-state index in [-0.39, 0.29) is 6.04 Å². The van der Waals surface area contributed by atoms with Crippen LogP contribution in [0.2, 0.25) is 5.02 Å². The molecule has 1 rings (SSSR count). The monoisotopic (exact) mass is 332 g/mol. The van der Waals surface area contributed by atoms with E-state index in [0.717, 1.165) is 21.6 Å². The third-order valence-electron chi connectivity index (χ3n) is 3.13. The molecule has 0 aliphatic carbocycles. The van der Waals surface area contributed by atoms with Crippen molar-refractivity contribution in [2.24, 2.45) is 11.7 Å². The molecule has 1 aromatic carbocycles. The van der Waals surface area contributed by atoms with Gasteiger partial charge in [-0.25, -0.2) is 0 Å². The Kier molecular flexibility index (Phi) is 6.64. The van der Waals surface area contributed by atoms with Gasteiger partial charge in [0.2, 0.25) is 0 Å². The van der Waals surface area contributed by atoms with E-state index in [0.29, 0.717) is 12.5 Å². The normalized spacial score (nSPS) is 13.3. The van der Waals surface area contributed by atoms with Gasteiger partial charge in [-0.1, -0.05) is 41.4 Å². The smallest absolute Gasteiger partial charge is 0.0479 e. The number of rotatable bonds is 6. The zero-order chi connectivity index (χ0) is 13.7. The summed E-state index contributed by atoms with van der Waals surface area (Å²) in [4.78, 5) is 2.30. The highest BCUT2D eigenvalue weighted by Crippen LogP contribution is 2.29. The first kappa shape index (κ1) is 16.0. The number of benzene rings is 1. The van der Waals surface area contributed by atoms with Gasteiger partial charge in [-0.3, -0.25) is 4.90 Å². The molecule has 1 atom stereocenters. The highest BCUT2D eigenvalue weighted by Gasteiger charge is 2.18. The van der Waals surface area contributed by atoms with Crippen LogP contribution in [-0.2, 0) is 0 Å². The lowest BCUT2D eigenvalue weighted by atomic mass is 10.0. The van der Waals surface area contributed by atoms with Crippen LogP contribution >= 0.6 is 27.5 Å². The summed E-state index contributed by atoms with van der Waals surface area (Å²) in [5.74, 6) is 0.702. The Balaban J connectivity index is 2.84. The molecule has 102 valence electrons. The summed E-state index contributed by atoms with van der Waals surface area (Å²) in [6, 6.07) is 6.07. The maximum Gasteiger partial charge on any atom is 0.0479 e. The molecule has 0 spiro atoms. The van der Waals surface area contributed by atoms with Crippen molar-refractivity contribution in [3.8, 4) is 0 Å². The fourth-order valence-electron chi connectivity index (χ4n) is 1.93. The fourth-order valence-corrected chi connectivity index (χ4v) is 2.62. The van der Waals surface area contributed by atoms with Crippen molar-refractivity contribution in [1.82, 2.24) is 4.90 Å². The van der Waals surface area contributed by atoms with Gasteiger partial charge in [0.1, 0.15) is 0 Å². The van der Waals surface area contributed by atoms with Crippen molar-refractivity contribution in [3.63, 3.8) is 0 Å². The predicted octanol–water partition coefficient (Wildman–Crippen LogP) is 4.08. The number of hydrogen-bond acceptors (Lipinski definition) is 2. The molecule has 1 unspecified atom stereocenters. The van der Waals surface area contributed by atoms with Crippen LogP contribution in [0.1, 0.15) is 31.9 Å². The largest absolute Gasteiger partial charge is 0.329 e. The van der Waals surface area contributed by atoms with Crippen LogP contribution < -0.4 is 5.73 Å². The summed E-state index contributed by atoms with van der Waals surface area (Å²) in [6.45, 7) is 6.10. The third kappa shape index (κ3) is 4.54. The molecule has 0 bridgehead atoms. The molecule has 2 nitrogen and oxygen atoms in total. The van der Waals surface area contributed by atoms with Crippen molar-refractivity contribution < 1.29 is 0 Å². The van der Waals surface area contributed by atoms with Crippen molar-refractivity contribution in [3.05, 3.63) is 33.3 Å². The topological polar surface area (TPSA) is 29.3 Å². The second-order valence-electron chi connectivity index (χ2n) is 5.08. The number of likely N-dealkylation sites (N-methyl/N-ethyl adjacent to an activating group) is 1. The Morgan fingerprint density at radius 3 is 2.61 bits per heavy atom. The minimum absolute atomic E-state index is 0.205. The molecule has 0 radical (unpaired) electrons. The van der Waals surface area contributed by atoms with Crippen LogP contribution in [0.5, 0.6) is 0 Å². The number of nitrogens with zero attached hydrogens (tertiary/aromatic N) is 1. The van der Waals surface area contributed by atoms with Crippen LogP contribution in [0, 0.1) is 5.92 Å². The second kappa shape index (κ2) is 7.49. The number of hydrogen-bond donors (Lipinski definition) is 1. The van der Waals surface area contributed by atoms with E-state index in [2.05, 4.69) is 41.7 Å². The molecule has 0 fully saturated rings. The van der Waals surface area contributed by atoms with Gasteiger partial charge in [-0.2, -0.15) is 0 Å². The SMILES string of the molecule is CC(C)CCN(C)C(CN)c1cc(Cl)ccc1Br. The zero-order valence-electron chi connectivity index (χ0n) is 11.3. The molecule has 0 amide bonds. The molecule has 0 aliphatic rings. The molecule has 0 aromatic heterocycles. The molecular weight excluding hydrogens is 312 g/mol. The molecular formula is C14H22BrClN2. The van der Waals surface area contributed by atoms with Gasteiger partial charge in [-0.15, -0.1) is 0 Å². The third-order valence-corrected chi connectivity index (χ3v) is 4.09. The van der Waals surface area contributed by atoms with Crippen LogP contribution in [0.25, 0.3) is 0 Å². The molecule has 0 heterocycles. The number of nitrogens with two attached hydrogens (primary N) is 1. The number of halogens is 2. The Labute approximate surface area is 124 Å². The van der Waals surface area contributed by atoms with Gasteiger partial charge in [-0.05, 0) is 49.7 Å². The maximum atomic E-state index is 6.07. The Hall–Kier alpha value is -0.0900. The Morgan fingerprint density at radius 2 is 2.06 bits per heavy atom. The van der Waals surface area contributed by atoms with E-state index in [1.807, 2.05) is 18.2 Å². The van der Waals surface area contributed by atoms with Crippen molar-refractivity contribution in [1.29, 1.82) is 0 Å². The van der Waals surface area contributed by atoms with E-state index in [9.17, 15) is 0 Å². The molecule has 0 saturated heterocycles. The van der Waals surface area contributed by atoms with Crippen LogP contribution in [0.15, 0.2) is 22.7 Å².